The molecule has 0 aliphatic rings. The van der Waals surface area contributed by atoms with Crippen LogP contribution in [0.5, 0.6) is 11.5 Å². The van der Waals surface area contributed by atoms with Gasteiger partial charge in [-0.1, -0.05) is 97.1 Å². The summed E-state index contributed by atoms with van der Waals surface area (Å²) in [7, 11) is 0. The van der Waals surface area contributed by atoms with E-state index in [0.717, 1.165) is 0 Å². The van der Waals surface area contributed by atoms with Crippen LogP contribution in [0.4, 0.5) is 0 Å². The molecule has 0 aliphatic heterocycles. The molecular formula is C25H24O4. The summed E-state index contributed by atoms with van der Waals surface area (Å²) < 4.78 is 0. The summed E-state index contributed by atoms with van der Waals surface area (Å²) in [4.78, 5) is 0. The van der Waals surface area contributed by atoms with Crippen LogP contribution in [0.25, 0.3) is 0 Å². The van der Waals surface area contributed by atoms with Gasteiger partial charge in [0.15, 0.2) is 0 Å². The molecule has 0 saturated carbocycles. The first-order chi connectivity index (χ1) is 14.0. The Hall–Kier alpha value is -3.60. The van der Waals surface area contributed by atoms with Gasteiger partial charge in [0.05, 0.1) is 0 Å². The van der Waals surface area contributed by atoms with Crippen molar-refractivity contribution in [1.29, 1.82) is 0 Å². The Morgan fingerprint density at radius 3 is 0.828 bits per heavy atom. The van der Waals surface area contributed by atoms with E-state index >= 15 is 0 Å². The standard InChI is InChI=1S/C13H12O2.2C6H6O/c14-13(15,11-7-3-1-4-8-11)12-9-5-2-6-10-12;2*7-6-4-2-1-3-5-6/h1-10,14-15H;2*1-5,7H. The lowest BCUT2D eigenvalue weighted by Gasteiger charge is -2.22. The van der Waals surface area contributed by atoms with E-state index in [9.17, 15) is 10.2 Å². The van der Waals surface area contributed by atoms with Crippen molar-refractivity contribution in [3.8, 4) is 11.5 Å². The van der Waals surface area contributed by atoms with Crippen LogP contribution in [0.2, 0.25) is 0 Å². The van der Waals surface area contributed by atoms with Gasteiger partial charge in [-0.25, -0.2) is 0 Å². The second kappa shape index (κ2) is 11.3. The summed E-state index contributed by atoms with van der Waals surface area (Å²) in [6.45, 7) is 0. The molecule has 0 heterocycles. The Labute approximate surface area is 170 Å². The fourth-order valence-corrected chi connectivity index (χ4v) is 2.36. The number of para-hydroxylation sites is 2. The molecule has 0 aromatic heterocycles. The average molecular weight is 388 g/mol. The number of phenolic OH excluding ortho intramolecular Hbond substituents is 2. The Bertz CT molecular complexity index is 846. The Balaban J connectivity index is 0.000000178. The molecule has 29 heavy (non-hydrogen) atoms. The molecule has 4 nitrogen and oxygen atoms in total. The normalized spacial score (nSPS) is 10.0. The van der Waals surface area contributed by atoms with Gasteiger partial charge in [-0.2, -0.15) is 0 Å². The van der Waals surface area contributed by atoms with E-state index in [1.54, 1.807) is 97.1 Å². The summed E-state index contributed by atoms with van der Waals surface area (Å²) in [5.41, 5.74) is 0.937. The number of benzene rings is 4. The van der Waals surface area contributed by atoms with E-state index in [2.05, 4.69) is 0 Å². The quantitative estimate of drug-likeness (QED) is 0.377. The number of aromatic hydroxyl groups is 2. The number of phenols is 2. The van der Waals surface area contributed by atoms with Crippen molar-refractivity contribution < 1.29 is 20.4 Å². The van der Waals surface area contributed by atoms with Crippen LogP contribution >= 0.6 is 0 Å². The molecule has 0 bridgehead atoms. The van der Waals surface area contributed by atoms with E-state index in [1.807, 2.05) is 24.3 Å². The van der Waals surface area contributed by atoms with Crippen molar-refractivity contribution in [2.24, 2.45) is 0 Å². The number of hydrogen-bond acceptors (Lipinski definition) is 4. The minimum absolute atomic E-state index is 0.322. The van der Waals surface area contributed by atoms with Gasteiger partial charge in [0.2, 0.25) is 5.79 Å². The molecule has 0 unspecified atom stereocenters. The summed E-state index contributed by atoms with van der Waals surface area (Å²) in [5, 5.41) is 37.3. The monoisotopic (exact) mass is 388 g/mol. The van der Waals surface area contributed by atoms with Crippen LogP contribution in [-0.4, -0.2) is 20.4 Å². The maximum Gasteiger partial charge on any atom is 0.217 e. The van der Waals surface area contributed by atoms with Crippen molar-refractivity contribution in [2.45, 2.75) is 5.79 Å². The zero-order valence-corrected chi connectivity index (χ0v) is 15.8. The SMILES string of the molecule is OC(O)(c1ccccc1)c1ccccc1.Oc1ccccc1.Oc1ccccc1. The highest BCUT2D eigenvalue weighted by Crippen LogP contribution is 2.25. The Morgan fingerprint density at radius 1 is 0.379 bits per heavy atom. The van der Waals surface area contributed by atoms with Gasteiger partial charge in [-0.15, -0.1) is 0 Å². The lowest BCUT2D eigenvalue weighted by atomic mass is 9.98. The van der Waals surface area contributed by atoms with Gasteiger partial charge < -0.3 is 20.4 Å². The third-order valence-corrected chi connectivity index (χ3v) is 3.87. The average Bonchev–Trinajstić information content (AvgIpc) is 2.77. The van der Waals surface area contributed by atoms with Crippen LogP contribution in [0, 0.1) is 0 Å². The highest BCUT2D eigenvalue weighted by atomic mass is 16.5. The molecule has 0 spiro atoms. The van der Waals surface area contributed by atoms with Gasteiger partial charge in [0.25, 0.3) is 0 Å². The van der Waals surface area contributed by atoms with E-state index in [4.69, 9.17) is 10.2 Å². The highest BCUT2D eigenvalue weighted by molar-refractivity contribution is 5.32. The molecule has 0 atom stereocenters. The molecule has 4 N–H and O–H groups in total. The van der Waals surface area contributed by atoms with E-state index in [1.165, 1.54) is 0 Å². The van der Waals surface area contributed by atoms with Crippen molar-refractivity contribution in [1.82, 2.24) is 0 Å². The van der Waals surface area contributed by atoms with Crippen LogP contribution in [-0.2, 0) is 5.79 Å². The summed E-state index contributed by atoms with van der Waals surface area (Å²) in [6.07, 6.45) is 0. The second-order valence-electron chi connectivity index (χ2n) is 6.08. The van der Waals surface area contributed by atoms with Crippen molar-refractivity contribution in [3.05, 3.63) is 132 Å². The minimum Gasteiger partial charge on any atom is -0.508 e. The maximum absolute atomic E-state index is 10.0. The fourth-order valence-electron chi connectivity index (χ4n) is 2.36. The van der Waals surface area contributed by atoms with Gasteiger partial charge in [0.1, 0.15) is 11.5 Å². The molecule has 4 aromatic rings. The zero-order valence-electron chi connectivity index (χ0n) is 15.8. The van der Waals surface area contributed by atoms with Gasteiger partial charge >= 0.3 is 0 Å². The van der Waals surface area contributed by atoms with Crippen LogP contribution in [0.1, 0.15) is 11.1 Å². The third kappa shape index (κ3) is 7.50. The molecule has 0 amide bonds. The lowest BCUT2D eigenvalue weighted by molar-refractivity contribution is -0.132. The lowest BCUT2D eigenvalue weighted by Crippen LogP contribution is -2.26. The minimum atomic E-state index is -1.91. The van der Waals surface area contributed by atoms with E-state index in [-0.39, 0.29) is 0 Å². The number of aliphatic hydroxyl groups is 2. The largest absolute Gasteiger partial charge is 0.508 e. The third-order valence-electron chi connectivity index (χ3n) is 3.87. The summed E-state index contributed by atoms with van der Waals surface area (Å²) in [5.74, 6) is -1.27. The Kier molecular flexibility index (Phi) is 8.45. The van der Waals surface area contributed by atoms with E-state index in [0.29, 0.717) is 22.6 Å². The highest BCUT2D eigenvalue weighted by Gasteiger charge is 2.27. The first-order valence-corrected chi connectivity index (χ1v) is 9.04. The molecule has 4 rings (SSSR count). The zero-order chi connectivity index (χ0) is 21.0. The molecular weight excluding hydrogens is 364 g/mol. The van der Waals surface area contributed by atoms with Gasteiger partial charge in [-0.3, -0.25) is 0 Å². The number of hydrogen-bond donors (Lipinski definition) is 4. The van der Waals surface area contributed by atoms with Crippen LogP contribution in [0.3, 0.4) is 0 Å². The molecule has 4 aromatic carbocycles. The summed E-state index contributed by atoms with van der Waals surface area (Å²) >= 11 is 0. The Morgan fingerprint density at radius 2 is 0.621 bits per heavy atom. The first-order valence-electron chi connectivity index (χ1n) is 9.04. The molecule has 148 valence electrons. The topological polar surface area (TPSA) is 80.9 Å². The maximum atomic E-state index is 10.0. The number of rotatable bonds is 2. The smallest absolute Gasteiger partial charge is 0.217 e. The fraction of sp³-hybridized carbons (Fsp3) is 0.0400. The van der Waals surface area contributed by atoms with Crippen molar-refractivity contribution in [3.63, 3.8) is 0 Å². The molecule has 0 fully saturated rings. The van der Waals surface area contributed by atoms with Gasteiger partial charge in [0, 0.05) is 11.1 Å². The van der Waals surface area contributed by atoms with Crippen molar-refractivity contribution >= 4 is 0 Å². The predicted molar refractivity (Wildman–Crippen MR) is 114 cm³/mol. The van der Waals surface area contributed by atoms with E-state index < -0.39 is 5.79 Å². The van der Waals surface area contributed by atoms with Crippen LogP contribution < -0.4 is 0 Å². The van der Waals surface area contributed by atoms with Gasteiger partial charge in [-0.05, 0) is 24.3 Å². The predicted octanol–water partition coefficient (Wildman–Crippen LogP) is 4.66. The molecule has 0 radical (unpaired) electrons. The molecule has 4 heteroatoms. The molecule has 0 saturated heterocycles. The second-order valence-corrected chi connectivity index (χ2v) is 6.08. The summed E-state index contributed by atoms with van der Waals surface area (Å²) in [6, 6.07) is 35.0. The molecule has 0 aliphatic carbocycles. The first kappa shape index (κ1) is 21.7. The van der Waals surface area contributed by atoms with Crippen LogP contribution in [0.15, 0.2) is 121 Å². The van der Waals surface area contributed by atoms with Crippen molar-refractivity contribution in [2.75, 3.05) is 0 Å².